The van der Waals surface area contributed by atoms with Crippen molar-refractivity contribution in [3.05, 3.63) is 48.8 Å². The molecule has 1 N–H and O–H groups in total. The Hall–Kier alpha value is -1.72. The van der Waals surface area contributed by atoms with Crippen LogP contribution in [0, 0.1) is 0 Å². The summed E-state index contributed by atoms with van der Waals surface area (Å²) in [4.78, 5) is 0. The third-order valence-electron chi connectivity index (χ3n) is 2.11. The van der Waals surface area contributed by atoms with Gasteiger partial charge in [0, 0.05) is 6.54 Å². The normalized spacial score (nSPS) is 9.65. The minimum absolute atomic E-state index is 0. The Bertz CT molecular complexity index is 454. The molecule has 1 aromatic heterocycles. The lowest BCUT2D eigenvalue weighted by atomic mass is 10.3. The molecular weight excluding hydrogens is 238 g/mol. The molecule has 6 heteroatoms. The predicted molar refractivity (Wildman–Crippen MR) is 68.3 cm³/mol. The van der Waals surface area contributed by atoms with Crippen molar-refractivity contribution in [2.75, 3.05) is 6.54 Å². The van der Waals surface area contributed by atoms with E-state index in [0.717, 1.165) is 18.1 Å². The first-order valence-electron chi connectivity index (χ1n) is 5.06. The Morgan fingerprint density at radius 3 is 2.76 bits per heavy atom. The zero-order chi connectivity index (χ0) is 11.2. The predicted octanol–water partition coefficient (Wildman–Crippen LogP) is 1.36. The summed E-state index contributed by atoms with van der Waals surface area (Å²) >= 11 is 0. The molecule has 0 aliphatic rings. The smallest absolute Gasteiger partial charge is 0.170 e. The van der Waals surface area contributed by atoms with Gasteiger partial charge < -0.3 is 5.32 Å². The number of hydrogen-bond donors (Lipinski definition) is 1. The molecule has 5 nitrogen and oxygen atoms in total. The number of tetrazole rings is 1. The van der Waals surface area contributed by atoms with Gasteiger partial charge in [-0.25, -0.2) is 0 Å². The molecule has 1 heterocycles. The highest BCUT2D eigenvalue weighted by atomic mass is 35.5. The summed E-state index contributed by atoms with van der Waals surface area (Å²) in [5, 5.41) is 14.8. The van der Waals surface area contributed by atoms with Gasteiger partial charge in [-0.3, -0.25) is 0 Å². The van der Waals surface area contributed by atoms with Gasteiger partial charge in [0.1, 0.15) is 0 Å². The Balaban J connectivity index is 0.00000144. The van der Waals surface area contributed by atoms with Crippen molar-refractivity contribution in [1.29, 1.82) is 0 Å². The van der Waals surface area contributed by atoms with E-state index in [4.69, 9.17) is 0 Å². The summed E-state index contributed by atoms with van der Waals surface area (Å²) < 4.78 is 1.72. The van der Waals surface area contributed by atoms with Gasteiger partial charge in [0.25, 0.3) is 0 Å². The molecule has 0 unspecified atom stereocenters. The van der Waals surface area contributed by atoms with Crippen molar-refractivity contribution in [3.63, 3.8) is 0 Å². The molecule has 0 aliphatic carbocycles. The number of para-hydroxylation sites is 1. The maximum Gasteiger partial charge on any atom is 0.170 e. The highest BCUT2D eigenvalue weighted by Gasteiger charge is 2.06. The topological polar surface area (TPSA) is 55.6 Å². The summed E-state index contributed by atoms with van der Waals surface area (Å²) in [5.74, 6) is 0.785. The fourth-order valence-corrected chi connectivity index (χ4v) is 1.37. The zero-order valence-corrected chi connectivity index (χ0v) is 10.1. The van der Waals surface area contributed by atoms with Gasteiger partial charge in [-0.1, -0.05) is 24.3 Å². The molecule has 0 saturated carbocycles. The van der Waals surface area contributed by atoms with Crippen LogP contribution in [0.25, 0.3) is 5.69 Å². The minimum Gasteiger partial charge on any atom is -0.306 e. The van der Waals surface area contributed by atoms with E-state index >= 15 is 0 Å². The molecule has 0 saturated heterocycles. The van der Waals surface area contributed by atoms with Crippen LogP contribution in [0.15, 0.2) is 43.0 Å². The number of benzene rings is 1. The van der Waals surface area contributed by atoms with Gasteiger partial charge in [0.2, 0.25) is 0 Å². The van der Waals surface area contributed by atoms with E-state index in [-0.39, 0.29) is 12.4 Å². The number of hydrogen-bond acceptors (Lipinski definition) is 4. The Morgan fingerprint density at radius 2 is 2.06 bits per heavy atom. The average Bonchev–Trinajstić information content (AvgIpc) is 2.79. The quantitative estimate of drug-likeness (QED) is 0.644. The third kappa shape index (κ3) is 3.37. The van der Waals surface area contributed by atoms with E-state index in [2.05, 4.69) is 27.4 Å². The first kappa shape index (κ1) is 13.3. The summed E-state index contributed by atoms with van der Waals surface area (Å²) in [6, 6.07) is 9.81. The average molecular weight is 252 g/mol. The molecular formula is C11H14ClN5. The number of halogens is 1. The summed E-state index contributed by atoms with van der Waals surface area (Å²) in [6.07, 6.45) is 1.80. The fraction of sp³-hybridized carbons (Fsp3) is 0.182. The second-order valence-corrected chi connectivity index (χ2v) is 3.26. The van der Waals surface area contributed by atoms with Gasteiger partial charge in [0.05, 0.1) is 12.2 Å². The zero-order valence-electron chi connectivity index (χ0n) is 9.28. The largest absolute Gasteiger partial charge is 0.306 e. The summed E-state index contributed by atoms with van der Waals surface area (Å²) in [6.45, 7) is 5.00. The molecule has 17 heavy (non-hydrogen) atoms. The lowest BCUT2D eigenvalue weighted by Crippen LogP contribution is -2.16. The standard InChI is InChI=1S/C11H13N5.ClH/c1-2-8-12-9-11-13-14-15-16(11)10-6-4-3-5-7-10;/h2-7,12H,1,8-9H2;1H. The van der Waals surface area contributed by atoms with Crippen molar-refractivity contribution in [3.8, 4) is 5.69 Å². The summed E-state index contributed by atoms with van der Waals surface area (Å²) in [7, 11) is 0. The molecule has 0 fully saturated rings. The minimum atomic E-state index is 0. The van der Waals surface area contributed by atoms with Crippen molar-refractivity contribution in [1.82, 2.24) is 25.5 Å². The molecule has 2 aromatic rings. The van der Waals surface area contributed by atoms with Crippen LogP contribution < -0.4 is 5.32 Å². The molecule has 2 rings (SSSR count). The van der Waals surface area contributed by atoms with Crippen LogP contribution in [0.4, 0.5) is 0 Å². The lowest BCUT2D eigenvalue weighted by Gasteiger charge is -2.04. The Kier molecular flexibility index (Phi) is 5.32. The maximum atomic E-state index is 3.97. The fourth-order valence-electron chi connectivity index (χ4n) is 1.37. The molecule has 0 atom stereocenters. The van der Waals surface area contributed by atoms with Gasteiger partial charge in [-0.15, -0.1) is 24.1 Å². The van der Waals surface area contributed by atoms with E-state index in [0.29, 0.717) is 6.54 Å². The maximum absolute atomic E-state index is 3.97. The van der Waals surface area contributed by atoms with Crippen LogP contribution in [0.2, 0.25) is 0 Å². The highest BCUT2D eigenvalue weighted by molar-refractivity contribution is 5.85. The van der Waals surface area contributed by atoms with Gasteiger partial charge in [-0.05, 0) is 22.6 Å². The molecule has 90 valence electrons. The number of aromatic nitrogens is 4. The number of nitrogens with zero attached hydrogens (tertiary/aromatic N) is 4. The Labute approximate surface area is 106 Å². The van der Waals surface area contributed by atoms with Crippen LogP contribution in [-0.2, 0) is 6.54 Å². The Morgan fingerprint density at radius 1 is 1.29 bits per heavy atom. The van der Waals surface area contributed by atoms with Crippen LogP contribution in [-0.4, -0.2) is 26.8 Å². The second-order valence-electron chi connectivity index (χ2n) is 3.26. The van der Waals surface area contributed by atoms with E-state index in [9.17, 15) is 0 Å². The molecule has 0 spiro atoms. The highest BCUT2D eigenvalue weighted by Crippen LogP contribution is 2.06. The van der Waals surface area contributed by atoms with E-state index in [1.165, 1.54) is 0 Å². The SMILES string of the molecule is C=CCNCc1nnnn1-c1ccccc1.Cl. The number of rotatable bonds is 5. The monoisotopic (exact) mass is 251 g/mol. The van der Waals surface area contributed by atoms with Crippen molar-refractivity contribution >= 4 is 12.4 Å². The van der Waals surface area contributed by atoms with Crippen molar-refractivity contribution < 1.29 is 0 Å². The van der Waals surface area contributed by atoms with Crippen molar-refractivity contribution in [2.45, 2.75) is 6.54 Å². The van der Waals surface area contributed by atoms with Gasteiger partial charge >= 0.3 is 0 Å². The molecule has 0 bridgehead atoms. The molecule has 0 aliphatic heterocycles. The van der Waals surface area contributed by atoms with Crippen LogP contribution in [0.1, 0.15) is 5.82 Å². The summed E-state index contributed by atoms with van der Waals surface area (Å²) in [5.41, 5.74) is 0.961. The molecule has 0 radical (unpaired) electrons. The molecule has 1 aromatic carbocycles. The lowest BCUT2D eigenvalue weighted by molar-refractivity contribution is 0.682. The van der Waals surface area contributed by atoms with Crippen LogP contribution in [0.3, 0.4) is 0 Å². The van der Waals surface area contributed by atoms with E-state index < -0.39 is 0 Å². The van der Waals surface area contributed by atoms with Gasteiger partial charge in [-0.2, -0.15) is 4.68 Å². The first-order chi connectivity index (χ1) is 7.92. The first-order valence-corrected chi connectivity index (χ1v) is 5.06. The number of nitrogens with one attached hydrogen (secondary N) is 1. The van der Waals surface area contributed by atoms with E-state index in [1.54, 1.807) is 10.8 Å². The third-order valence-corrected chi connectivity index (χ3v) is 2.11. The van der Waals surface area contributed by atoms with Crippen molar-refractivity contribution in [2.24, 2.45) is 0 Å². The molecule has 0 amide bonds. The second kappa shape index (κ2) is 6.78. The van der Waals surface area contributed by atoms with Gasteiger partial charge in [0.15, 0.2) is 5.82 Å². The van der Waals surface area contributed by atoms with Crippen LogP contribution >= 0.6 is 12.4 Å². The van der Waals surface area contributed by atoms with Crippen LogP contribution in [0.5, 0.6) is 0 Å². The van der Waals surface area contributed by atoms with E-state index in [1.807, 2.05) is 30.3 Å².